The summed E-state index contributed by atoms with van der Waals surface area (Å²) in [5, 5.41) is 28.6. The van der Waals surface area contributed by atoms with Crippen molar-refractivity contribution in [1.82, 2.24) is 45.3 Å². The van der Waals surface area contributed by atoms with Crippen LogP contribution in [0.15, 0.2) is 54.6 Å². The molecule has 3 unspecified atom stereocenters. The van der Waals surface area contributed by atoms with Crippen molar-refractivity contribution < 1.29 is 24.2 Å². The van der Waals surface area contributed by atoms with Gasteiger partial charge < -0.3 is 50.3 Å². The average molecular weight is 918 g/mol. The molecule has 8 rings (SSSR count). The van der Waals surface area contributed by atoms with Crippen LogP contribution in [0.3, 0.4) is 0 Å². The third kappa shape index (κ3) is 11.6. The normalized spacial score (nSPS) is 22.3. The Labute approximate surface area is 396 Å². The summed E-state index contributed by atoms with van der Waals surface area (Å²) in [5.41, 5.74) is 3.50. The van der Waals surface area contributed by atoms with Crippen molar-refractivity contribution in [3.8, 4) is 29.4 Å². The third-order valence-electron chi connectivity index (χ3n) is 14.6. The minimum absolute atomic E-state index is 0.107. The van der Waals surface area contributed by atoms with Crippen LogP contribution in [0.2, 0.25) is 0 Å². The van der Waals surface area contributed by atoms with Crippen LogP contribution < -0.4 is 20.9 Å². The predicted octanol–water partition coefficient (Wildman–Crippen LogP) is 4.06. The first kappa shape index (κ1) is 48.0. The van der Waals surface area contributed by atoms with Crippen LogP contribution in [0.4, 0.5) is 16.3 Å². The van der Waals surface area contributed by atoms with Crippen LogP contribution in [0.25, 0.3) is 11.3 Å². The molecule has 1 aromatic heterocycles. The number of benzene rings is 2. The lowest BCUT2D eigenvalue weighted by atomic mass is 9.85. The number of piperazine rings is 1. The lowest BCUT2D eigenvalue weighted by molar-refractivity contribution is -0.142. The summed E-state index contributed by atoms with van der Waals surface area (Å²) in [5.74, 6) is 3.14. The van der Waals surface area contributed by atoms with Crippen LogP contribution in [0, 0.1) is 17.8 Å². The number of piperidine rings is 2. The molecule has 6 heterocycles. The monoisotopic (exact) mass is 918 g/mol. The first-order valence-corrected chi connectivity index (χ1v) is 24.5. The van der Waals surface area contributed by atoms with E-state index in [1.54, 1.807) is 15.9 Å². The number of aromatic nitrogens is 2. The predicted molar refractivity (Wildman–Crippen MR) is 261 cm³/mol. The van der Waals surface area contributed by atoms with Crippen molar-refractivity contribution in [2.45, 2.75) is 96.1 Å². The van der Waals surface area contributed by atoms with Crippen LogP contribution in [-0.2, 0) is 20.9 Å². The Balaban J connectivity index is 0.760. The first-order chi connectivity index (χ1) is 32.4. The number of phenols is 1. The number of aromatic hydroxyl groups is 1. The second kappa shape index (κ2) is 21.7. The lowest BCUT2D eigenvalue weighted by Crippen LogP contribution is -2.61. The molecule has 0 bridgehead atoms. The van der Waals surface area contributed by atoms with Gasteiger partial charge in [0.05, 0.1) is 24.1 Å². The molecular formula is C51H71N11O5. The molecule has 16 heteroatoms. The van der Waals surface area contributed by atoms with E-state index in [1.807, 2.05) is 76.3 Å². The number of nitrogens with zero attached hydrogens (tertiary/aromatic N) is 8. The summed E-state index contributed by atoms with van der Waals surface area (Å²) in [6, 6.07) is 16.3. The number of ether oxygens (including phenoxy) is 1. The fourth-order valence-electron chi connectivity index (χ4n) is 10.7. The Hall–Kier alpha value is -5.47. The second-order valence-electron chi connectivity index (χ2n) is 20.0. The van der Waals surface area contributed by atoms with E-state index >= 15 is 0 Å². The molecule has 16 nitrogen and oxygen atoms in total. The summed E-state index contributed by atoms with van der Waals surface area (Å²) in [6.45, 7) is 16.9. The standard InChI is InChI=1S/C51H71N11O5/c1-6-36-13-15-37(16-14-36)33-53-48(64)43-11-9-21-62(43)49(65)46(51(2,3)4)54-50(66)61-30-31-67-40(35-61)34-57-22-17-38(18-23-57)58-24-19-39(20-25-58)59-26-28-60(29-27-59)44-32-42(55-56-47(44)52-5)41-10-7-8-12-45(41)63/h1,7-8,10,12-16,32,38-40,43,46,63H,9,11,17-31,33-35H2,2-5H3,(H,52,56)(H,53,64)(H,54,66). The van der Waals surface area contributed by atoms with Gasteiger partial charge in [0.15, 0.2) is 5.82 Å². The molecule has 2 aromatic carbocycles. The van der Waals surface area contributed by atoms with Gasteiger partial charge in [-0.2, -0.15) is 0 Å². The molecule has 5 fully saturated rings. The maximum absolute atomic E-state index is 14.2. The number of carbonyl (C=O) groups excluding carboxylic acids is 3. The number of phenolic OH excluding ortho intramolecular Hbond substituents is 1. The number of likely N-dealkylation sites (tertiary alicyclic amines) is 3. The fraction of sp³-hybridized carbons (Fsp3) is 0.588. The van der Waals surface area contributed by atoms with E-state index in [1.165, 1.54) is 12.8 Å². The molecule has 0 spiro atoms. The molecule has 3 aromatic rings. The second-order valence-corrected chi connectivity index (χ2v) is 20.0. The van der Waals surface area contributed by atoms with E-state index in [-0.39, 0.29) is 29.7 Å². The molecule has 0 radical (unpaired) electrons. The van der Waals surface area contributed by atoms with E-state index < -0.39 is 17.5 Å². The summed E-state index contributed by atoms with van der Waals surface area (Å²) < 4.78 is 6.22. The maximum atomic E-state index is 14.2. The number of anilines is 2. The average Bonchev–Trinajstić information content (AvgIpc) is 3.86. The molecule has 67 heavy (non-hydrogen) atoms. The van der Waals surface area contributed by atoms with Gasteiger partial charge in [-0.15, -0.1) is 16.6 Å². The highest BCUT2D eigenvalue weighted by molar-refractivity contribution is 5.93. The highest BCUT2D eigenvalue weighted by atomic mass is 16.5. The SMILES string of the molecule is C#Cc1ccc(CNC(=O)C2CCCN2C(=O)C(NC(=O)N2CCOC(CN3CCC(N4CCC(N5CCN(c6cc(-c7ccccc7O)nnc6NC)CC5)CC4)CC3)C2)C(C)(C)C)cc1. The van der Waals surface area contributed by atoms with E-state index in [0.29, 0.717) is 62.5 Å². The Morgan fingerprint density at radius 1 is 0.866 bits per heavy atom. The number of urea groups is 1. The minimum Gasteiger partial charge on any atom is -0.507 e. The van der Waals surface area contributed by atoms with E-state index in [2.05, 4.69) is 51.7 Å². The molecular weight excluding hydrogens is 847 g/mol. The fourth-order valence-corrected chi connectivity index (χ4v) is 10.7. The number of hydrogen-bond donors (Lipinski definition) is 4. The van der Waals surface area contributed by atoms with Crippen molar-refractivity contribution >= 4 is 29.4 Å². The number of rotatable bonds is 12. The summed E-state index contributed by atoms with van der Waals surface area (Å²) in [7, 11) is 1.87. The van der Waals surface area contributed by atoms with Crippen molar-refractivity contribution in [3.05, 3.63) is 65.7 Å². The zero-order chi connectivity index (χ0) is 47.1. The molecule has 5 aliphatic heterocycles. The van der Waals surface area contributed by atoms with Gasteiger partial charge in [-0.1, -0.05) is 51.0 Å². The molecule has 4 amide bonds. The Morgan fingerprint density at radius 3 is 2.22 bits per heavy atom. The Morgan fingerprint density at radius 2 is 1.55 bits per heavy atom. The van der Waals surface area contributed by atoms with Crippen molar-refractivity contribution in [3.63, 3.8) is 0 Å². The minimum atomic E-state index is -0.797. The van der Waals surface area contributed by atoms with Gasteiger partial charge in [0, 0.05) is 89.2 Å². The van der Waals surface area contributed by atoms with Crippen molar-refractivity contribution in [2.75, 3.05) is 102 Å². The highest BCUT2D eigenvalue weighted by Gasteiger charge is 2.43. The molecule has 360 valence electrons. The number of hydrogen-bond acceptors (Lipinski definition) is 12. The largest absolute Gasteiger partial charge is 0.507 e. The summed E-state index contributed by atoms with van der Waals surface area (Å²) in [6.07, 6.45) is 11.3. The van der Waals surface area contributed by atoms with E-state index in [0.717, 1.165) is 101 Å². The Kier molecular flexibility index (Phi) is 15.5. The number of nitrogens with one attached hydrogen (secondary N) is 3. The van der Waals surface area contributed by atoms with Gasteiger partial charge in [-0.3, -0.25) is 14.5 Å². The molecule has 0 aliphatic carbocycles. The maximum Gasteiger partial charge on any atom is 0.318 e. The zero-order valence-corrected chi connectivity index (χ0v) is 40.0. The highest BCUT2D eigenvalue weighted by Crippen LogP contribution is 2.34. The van der Waals surface area contributed by atoms with Gasteiger partial charge in [0.1, 0.15) is 17.8 Å². The van der Waals surface area contributed by atoms with Gasteiger partial charge in [0.2, 0.25) is 11.8 Å². The third-order valence-corrected chi connectivity index (χ3v) is 14.6. The van der Waals surface area contributed by atoms with Crippen LogP contribution in [0.1, 0.15) is 70.4 Å². The molecule has 5 saturated heterocycles. The molecule has 4 N–H and O–H groups in total. The number of morpholine rings is 1. The summed E-state index contributed by atoms with van der Waals surface area (Å²) >= 11 is 0. The van der Waals surface area contributed by atoms with Crippen molar-refractivity contribution in [1.29, 1.82) is 0 Å². The molecule has 3 atom stereocenters. The number of terminal acetylenes is 1. The van der Waals surface area contributed by atoms with Crippen molar-refractivity contribution in [2.24, 2.45) is 5.41 Å². The van der Waals surface area contributed by atoms with Crippen LogP contribution in [0.5, 0.6) is 5.75 Å². The quantitative estimate of drug-likeness (QED) is 0.193. The molecule has 5 aliphatic rings. The van der Waals surface area contributed by atoms with E-state index in [9.17, 15) is 19.5 Å². The zero-order valence-electron chi connectivity index (χ0n) is 40.0. The number of amides is 4. The van der Waals surface area contributed by atoms with Gasteiger partial charge in [0.25, 0.3) is 0 Å². The lowest BCUT2D eigenvalue weighted by Gasteiger charge is -2.46. The number of carbonyl (C=O) groups is 3. The summed E-state index contributed by atoms with van der Waals surface area (Å²) in [4.78, 5) is 55.2. The van der Waals surface area contributed by atoms with Gasteiger partial charge in [-0.05, 0) is 106 Å². The molecule has 0 saturated carbocycles. The Bertz CT molecular complexity index is 2210. The first-order valence-electron chi connectivity index (χ1n) is 24.5. The topological polar surface area (TPSA) is 162 Å². The van der Waals surface area contributed by atoms with Gasteiger partial charge in [-0.25, -0.2) is 4.79 Å². The smallest absolute Gasteiger partial charge is 0.318 e. The van der Waals surface area contributed by atoms with Crippen LogP contribution in [-0.4, -0.2) is 180 Å². The van der Waals surface area contributed by atoms with Crippen LogP contribution >= 0.6 is 0 Å². The van der Waals surface area contributed by atoms with Gasteiger partial charge >= 0.3 is 6.03 Å². The van der Waals surface area contributed by atoms with E-state index in [4.69, 9.17) is 11.2 Å². The number of para-hydroxylation sites is 1.